The quantitative estimate of drug-likeness (QED) is 0.845. The molecule has 0 radical (unpaired) electrons. The molecule has 0 saturated carbocycles. The number of hydrogen-bond donors (Lipinski definition) is 0. The summed E-state index contributed by atoms with van der Waals surface area (Å²) in [6, 6.07) is 2.46. The Hall–Kier alpha value is -1.40. The minimum atomic E-state index is 0.134. The van der Waals surface area contributed by atoms with Crippen molar-refractivity contribution in [1.82, 2.24) is 14.7 Å². The topological polar surface area (TPSA) is 43.9 Å². The Bertz CT molecular complexity index is 572. The van der Waals surface area contributed by atoms with Crippen LogP contribution in [-0.2, 0) is 4.79 Å². The predicted octanol–water partition coefficient (Wildman–Crippen LogP) is 1.76. The number of likely N-dealkylation sites (N-methyl/N-ethyl adjacent to an activating group) is 1. The van der Waals surface area contributed by atoms with E-state index in [2.05, 4.69) is 9.80 Å². The highest BCUT2D eigenvalue weighted by Gasteiger charge is 2.45. The average Bonchev–Trinajstić information content (AvgIpc) is 3.12. The lowest BCUT2D eigenvalue weighted by Crippen LogP contribution is -2.50. The van der Waals surface area contributed by atoms with Gasteiger partial charge in [0.25, 0.3) is 5.91 Å². The summed E-state index contributed by atoms with van der Waals surface area (Å²) < 4.78 is 0. The van der Waals surface area contributed by atoms with E-state index in [0.717, 1.165) is 38.0 Å². The van der Waals surface area contributed by atoms with Crippen LogP contribution in [0.1, 0.15) is 30.1 Å². The van der Waals surface area contributed by atoms with Crippen LogP contribution >= 0.6 is 11.3 Å². The molecular weight excluding hydrogens is 310 g/mol. The van der Waals surface area contributed by atoms with Gasteiger partial charge in [-0.05, 0) is 44.3 Å². The largest absolute Gasteiger partial charge is 0.338 e. The van der Waals surface area contributed by atoms with Crippen LogP contribution in [0.4, 0.5) is 0 Å². The molecular formula is C17H25N3O2S. The van der Waals surface area contributed by atoms with Gasteiger partial charge in [-0.1, -0.05) is 0 Å². The van der Waals surface area contributed by atoms with Gasteiger partial charge in [0.2, 0.25) is 5.91 Å². The summed E-state index contributed by atoms with van der Waals surface area (Å²) in [4.78, 5) is 30.9. The first kappa shape index (κ1) is 16.5. The second kappa shape index (κ2) is 6.61. The highest BCUT2D eigenvalue weighted by atomic mass is 32.1. The fourth-order valence-corrected chi connectivity index (χ4v) is 4.81. The van der Waals surface area contributed by atoms with E-state index < -0.39 is 0 Å². The zero-order valence-corrected chi connectivity index (χ0v) is 14.9. The van der Waals surface area contributed by atoms with Gasteiger partial charge in [0.05, 0.1) is 5.56 Å². The predicted molar refractivity (Wildman–Crippen MR) is 91.6 cm³/mol. The molecule has 0 aromatic carbocycles. The van der Waals surface area contributed by atoms with Crippen molar-refractivity contribution < 1.29 is 9.59 Å². The van der Waals surface area contributed by atoms with Crippen molar-refractivity contribution in [1.29, 1.82) is 0 Å². The fraction of sp³-hybridized carbons (Fsp3) is 0.647. The molecule has 1 aromatic heterocycles. The van der Waals surface area contributed by atoms with Crippen LogP contribution in [0.3, 0.4) is 0 Å². The third-order valence-electron chi connectivity index (χ3n) is 5.01. The monoisotopic (exact) mass is 335 g/mol. The van der Waals surface area contributed by atoms with Crippen LogP contribution in [0, 0.1) is 5.92 Å². The number of hydrogen-bond acceptors (Lipinski definition) is 4. The third-order valence-corrected chi connectivity index (χ3v) is 5.70. The van der Waals surface area contributed by atoms with Crippen molar-refractivity contribution in [3.8, 4) is 0 Å². The second-order valence-corrected chi connectivity index (χ2v) is 7.74. The van der Waals surface area contributed by atoms with Crippen molar-refractivity contribution in [2.45, 2.75) is 31.8 Å². The molecule has 0 spiro atoms. The van der Waals surface area contributed by atoms with Crippen molar-refractivity contribution in [3.05, 3.63) is 22.4 Å². The Morgan fingerprint density at radius 2 is 2.17 bits per heavy atom. The molecule has 3 rings (SSSR count). The maximum absolute atomic E-state index is 12.6. The van der Waals surface area contributed by atoms with E-state index in [4.69, 9.17) is 0 Å². The molecule has 3 atom stereocenters. The van der Waals surface area contributed by atoms with E-state index in [-0.39, 0.29) is 17.9 Å². The molecule has 2 aliphatic heterocycles. The van der Waals surface area contributed by atoms with Crippen molar-refractivity contribution >= 4 is 23.2 Å². The van der Waals surface area contributed by atoms with E-state index in [1.54, 1.807) is 18.3 Å². The van der Waals surface area contributed by atoms with Gasteiger partial charge in [-0.25, -0.2) is 0 Å². The summed E-state index contributed by atoms with van der Waals surface area (Å²) in [6.07, 6.45) is 1.89. The number of thiophene rings is 1. The van der Waals surface area contributed by atoms with Gasteiger partial charge in [0, 0.05) is 44.0 Å². The molecule has 2 fully saturated rings. The van der Waals surface area contributed by atoms with Crippen LogP contribution in [0.5, 0.6) is 0 Å². The number of likely N-dealkylation sites (tertiary alicyclic amines) is 2. The molecule has 2 saturated heterocycles. The molecule has 0 unspecified atom stereocenters. The van der Waals surface area contributed by atoms with Gasteiger partial charge < -0.3 is 14.7 Å². The molecule has 5 nitrogen and oxygen atoms in total. The highest BCUT2D eigenvalue weighted by molar-refractivity contribution is 7.08. The van der Waals surface area contributed by atoms with Crippen LogP contribution in [-0.4, -0.2) is 72.3 Å². The first-order valence-corrected chi connectivity index (χ1v) is 9.16. The van der Waals surface area contributed by atoms with E-state index in [9.17, 15) is 9.59 Å². The van der Waals surface area contributed by atoms with Gasteiger partial charge in [0.1, 0.15) is 0 Å². The third kappa shape index (κ3) is 3.28. The molecule has 126 valence electrons. The Labute approximate surface area is 141 Å². The zero-order valence-electron chi connectivity index (χ0n) is 14.1. The molecule has 23 heavy (non-hydrogen) atoms. The summed E-state index contributed by atoms with van der Waals surface area (Å²) in [5, 5.41) is 3.86. The first-order chi connectivity index (χ1) is 11.0. The zero-order chi connectivity index (χ0) is 16.6. The van der Waals surface area contributed by atoms with Gasteiger partial charge >= 0.3 is 0 Å². The average molecular weight is 335 g/mol. The van der Waals surface area contributed by atoms with Gasteiger partial charge in [-0.2, -0.15) is 11.3 Å². The van der Waals surface area contributed by atoms with Crippen LogP contribution in [0.2, 0.25) is 0 Å². The van der Waals surface area contributed by atoms with Crippen LogP contribution in [0.25, 0.3) is 0 Å². The summed E-state index contributed by atoms with van der Waals surface area (Å²) in [6.45, 7) is 4.08. The Morgan fingerprint density at radius 1 is 1.39 bits per heavy atom. The summed E-state index contributed by atoms with van der Waals surface area (Å²) in [5.74, 6) is 0.706. The van der Waals surface area contributed by atoms with E-state index in [1.165, 1.54) is 0 Å². The lowest BCUT2D eigenvalue weighted by Gasteiger charge is -2.38. The van der Waals surface area contributed by atoms with Crippen LogP contribution < -0.4 is 0 Å². The molecule has 0 aliphatic carbocycles. The van der Waals surface area contributed by atoms with Crippen molar-refractivity contribution in [2.24, 2.45) is 5.92 Å². The minimum Gasteiger partial charge on any atom is -0.338 e. The smallest absolute Gasteiger partial charge is 0.254 e. The lowest BCUT2D eigenvalue weighted by atomic mass is 9.91. The highest BCUT2D eigenvalue weighted by Crippen LogP contribution is 2.36. The molecule has 2 aliphatic rings. The maximum atomic E-state index is 12.6. The molecule has 2 amide bonds. The standard InChI is InChI=1S/C17H25N3O2S/c1-12(21)20-15(10-18(2)3)8-14-9-19(6-4-16(14)20)17(22)13-5-7-23-11-13/h5,7,11,14-16H,4,6,8-10H2,1-3H3/t14-,15+,16+/m1/s1. The number of carbonyl (C=O) groups is 2. The molecule has 0 bridgehead atoms. The first-order valence-electron chi connectivity index (χ1n) is 8.22. The fourth-order valence-electron chi connectivity index (χ4n) is 4.18. The van der Waals surface area contributed by atoms with Crippen LogP contribution in [0.15, 0.2) is 16.8 Å². The summed E-state index contributed by atoms with van der Waals surface area (Å²) in [5.41, 5.74) is 0.791. The van der Waals surface area contributed by atoms with Gasteiger partial charge in [-0.3, -0.25) is 9.59 Å². The Kier molecular flexibility index (Phi) is 4.73. The lowest BCUT2D eigenvalue weighted by molar-refractivity contribution is -0.132. The second-order valence-electron chi connectivity index (χ2n) is 6.96. The minimum absolute atomic E-state index is 0.134. The number of rotatable bonds is 3. The maximum Gasteiger partial charge on any atom is 0.254 e. The number of nitrogens with zero attached hydrogens (tertiary/aromatic N) is 3. The number of fused-ring (bicyclic) bond motifs is 1. The van der Waals surface area contributed by atoms with Crippen molar-refractivity contribution in [3.63, 3.8) is 0 Å². The summed E-state index contributed by atoms with van der Waals surface area (Å²) >= 11 is 1.56. The molecule has 1 aromatic rings. The molecule has 6 heteroatoms. The summed E-state index contributed by atoms with van der Waals surface area (Å²) in [7, 11) is 4.10. The van der Waals surface area contributed by atoms with E-state index in [1.807, 2.05) is 35.8 Å². The number of piperidine rings is 1. The van der Waals surface area contributed by atoms with E-state index in [0.29, 0.717) is 12.0 Å². The number of amides is 2. The normalized spacial score (nSPS) is 27.4. The number of carbonyl (C=O) groups excluding carboxylic acids is 2. The van der Waals surface area contributed by atoms with Gasteiger partial charge in [-0.15, -0.1) is 0 Å². The Balaban J connectivity index is 1.71. The van der Waals surface area contributed by atoms with Crippen molar-refractivity contribution in [2.75, 3.05) is 33.7 Å². The SMILES string of the molecule is CC(=O)N1[C@H](CN(C)C)C[C@@H]2CN(C(=O)c3ccsc3)CC[C@@H]21. The molecule has 0 N–H and O–H groups in total. The Morgan fingerprint density at radius 3 is 2.78 bits per heavy atom. The molecule has 3 heterocycles. The van der Waals surface area contributed by atoms with E-state index >= 15 is 0 Å². The van der Waals surface area contributed by atoms with Gasteiger partial charge in [0.15, 0.2) is 0 Å².